The van der Waals surface area contributed by atoms with Crippen molar-refractivity contribution in [3.63, 3.8) is 0 Å². The first-order chi connectivity index (χ1) is 12.4. The quantitative estimate of drug-likeness (QED) is 0.623. The highest BCUT2D eigenvalue weighted by Crippen LogP contribution is 2.36. The highest BCUT2D eigenvalue weighted by molar-refractivity contribution is 6.99. The van der Waals surface area contributed by atoms with Crippen LogP contribution in [0.15, 0.2) is 73.1 Å². The summed E-state index contributed by atoms with van der Waals surface area (Å²) in [6, 6.07) is 21.5. The van der Waals surface area contributed by atoms with Gasteiger partial charge in [-0.15, -0.1) is 0 Å². The fraction of sp³-hybridized carbons (Fsp3) is 0.318. The van der Waals surface area contributed by atoms with E-state index in [-0.39, 0.29) is 5.04 Å². The summed E-state index contributed by atoms with van der Waals surface area (Å²) in [6.45, 7) is 10.4. The first-order valence-corrected chi connectivity index (χ1v) is 11.1. The molecule has 3 aromatic rings. The van der Waals surface area contributed by atoms with Gasteiger partial charge in [-0.2, -0.15) is 5.10 Å². The molecule has 2 aromatic carbocycles. The summed E-state index contributed by atoms with van der Waals surface area (Å²) in [6.07, 6.45) is 3.96. The molecule has 0 saturated heterocycles. The number of aryl methyl sites for hydroxylation is 1. The molecule has 0 radical (unpaired) electrons. The third-order valence-electron chi connectivity index (χ3n) is 4.82. The second-order valence-corrected chi connectivity index (χ2v) is 12.1. The SMILES string of the molecule is Cc1cnn(CCO[Si](c2ccccc2)(c2ccccc2)C(C)(C)C)c1. The lowest BCUT2D eigenvalue weighted by Crippen LogP contribution is -2.66. The van der Waals surface area contributed by atoms with Crippen LogP contribution in [0.5, 0.6) is 0 Å². The average Bonchev–Trinajstić information content (AvgIpc) is 3.04. The summed E-state index contributed by atoms with van der Waals surface area (Å²) < 4.78 is 8.82. The van der Waals surface area contributed by atoms with Crippen LogP contribution < -0.4 is 10.4 Å². The Morgan fingerprint density at radius 2 is 1.46 bits per heavy atom. The molecule has 0 aliphatic rings. The van der Waals surface area contributed by atoms with Crippen molar-refractivity contribution in [1.82, 2.24) is 9.78 Å². The number of aromatic nitrogens is 2. The lowest BCUT2D eigenvalue weighted by molar-refractivity contribution is 0.274. The van der Waals surface area contributed by atoms with Crippen molar-refractivity contribution < 1.29 is 4.43 Å². The van der Waals surface area contributed by atoms with Crippen molar-refractivity contribution in [1.29, 1.82) is 0 Å². The maximum Gasteiger partial charge on any atom is 0.261 e. The van der Waals surface area contributed by atoms with Crippen molar-refractivity contribution in [2.24, 2.45) is 0 Å². The van der Waals surface area contributed by atoms with Gasteiger partial charge in [-0.3, -0.25) is 4.68 Å². The predicted molar refractivity (Wildman–Crippen MR) is 111 cm³/mol. The van der Waals surface area contributed by atoms with Gasteiger partial charge in [-0.25, -0.2) is 0 Å². The molecule has 0 saturated carbocycles. The minimum Gasteiger partial charge on any atom is -0.406 e. The fourth-order valence-corrected chi connectivity index (χ4v) is 8.20. The summed E-state index contributed by atoms with van der Waals surface area (Å²) in [5, 5.41) is 7.04. The Kier molecular flexibility index (Phi) is 5.44. The summed E-state index contributed by atoms with van der Waals surface area (Å²) in [4.78, 5) is 0. The van der Waals surface area contributed by atoms with Gasteiger partial charge in [0.05, 0.1) is 19.3 Å². The van der Waals surface area contributed by atoms with Crippen LogP contribution in [0.2, 0.25) is 5.04 Å². The molecule has 0 fully saturated rings. The second-order valence-electron chi connectivity index (χ2n) is 7.79. The van der Waals surface area contributed by atoms with Crippen LogP contribution in [0.3, 0.4) is 0 Å². The highest BCUT2D eigenvalue weighted by atomic mass is 28.4. The molecule has 0 bridgehead atoms. The van der Waals surface area contributed by atoms with Crippen LogP contribution in [0.4, 0.5) is 0 Å². The van der Waals surface area contributed by atoms with E-state index < -0.39 is 8.32 Å². The highest BCUT2D eigenvalue weighted by Gasteiger charge is 2.49. The minimum absolute atomic E-state index is 0.00966. The van der Waals surface area contributed by atoms with Crippen molar-refractivity contribution in [3.05, 3.63) is 78.6 Å². The Morgan fingerprint density at radius 3 is 1.88 bits per heavy atom. The Bertz CT molecular complexity index is 783. The van der Waals surface area contributed by atoms with Gasteiger partial charge in [0.15, 0.2) is 0 Å². The van der Waals surface area contributed by atoms with Crippen molar-refractivity contribution in [2.45, 2.75) is 39.3 Å². The van der Waals surface area contributed by atoms with E-state index in [2.05, 4.69) is 99.7 Å². The molecule has 0 amide bonds. The number of hydrogen-bond donors (Lipinski definition) is 0. The molecule has 4 heteroatoms. The molecule has 0 N–H and O–H groups in total. The molecule has 0 unspecified atom stereocenters. The zero-order valence-corrected chi connectivity index (χ0v) is 17.1. The van der Waals surface area contributed by atoms with Gasteiger partial charge in [-0.1, -0.05) is 81.4 Å². The van der Waals surface area contributed by atoms with Crippen LogP contribution in [0, 0.1) is 6.92 Å². The molecule has 0 spiro atoms. The van der Waals surface area contributed by atoms with Crippen LogP contribution in [-0.2, 0) is 11.0 Å². The number of rotatable bonds is 6. The van der Waals surface area contributed by atoms with Gasteiger partial charge in [-0.05, 0) is 27.9 Å². The molecule has 0 atom stereocenters. The Morgan fingerprint density at radius 1 is 0.923 bits per heavy atom. The third-order valence-corrected chi connectivity index (χ3v) is 9.86. The van der Waals surface area contributed by atoms with E-state index in [9.17, 15) is 0 Å². The Labute approximate surface area is 157 Å². The van der Waals surface area contributed by atoms with Gasteiger partial charge in [0.1, 0.15) is 0 Å². The normalized spacial score (nSPS) is 12.3. The molecule has 0 aliphatic heterocycles. The minimum atomic E-state index is -2.44. The van der Waals surface area contributed by atoms with E-state index in [1.807, 2.05) is 10.9 Å². The molecule has 1 aromatic heterocycles. The predicted octanol–water partition coefficient (Wildman–Crippen LogP) is 3.77. The zero-order chi connectivity index (χ0) is 18.6. The monoisotopic (exact) mass is 364 g/mol. The molecule has 3 nitrogen and oxygen atoms in total. The van der Waals surface area contributed by atoms with Gasteiger partial charge in [0.25, 0.3) is 8.32 Å². The van der Waals surface area contributed by atoms with Gasteiger partial charge >= 0.3 is 0 Å². The Hall–Kier alpha value is -2.17. The summed E-state index contributed by atoms with van der Waals surface area (Å²) >= 11 is 0. The van der Waals surface area contributed by atoms with E-state index >= 15 is 0 Å². The number of benzene rings is 2. The lowest BCUT2D eigenvalue weighted by atomic mass is 10.2. The van der Waals surface area contributed by atoms with Gasteiger partial charge < -0.3 is 4.43 Å². The topological polar surface area (TPSA) is 27.1 Å². The van der Waals surface area contributed by atoms with E-state index in [0.717, 1.165) is 6.54 Å². The van der Waals surface area contributed by atoms with E-state index in [1.54, 1.807) is 0 Å². The van der Waals surface area contributed by atoms with Crippen molar-refractivity contribution >= 4 is 18.7 Å². The first-order valence-electron chi connectivity index (χ1n) is 9.17. The lowest BCUT2D eigenvalue weighted by Gasteiger charge is -2.43. The average molecular weight is 365 g/mol. The largest absolute Gasteiger partial charge is 0.406 e. The molecule has 136 valence electrons. The maximum atomic E-state index is 6.86. The number of nitrogens with zero attached hydrogens (tertiary/aromatic N) is 2. The standard InChI is InChI=1S/C22H28N2OSi/c1-19-17-23-24(18-19)15-16-25-26(22(2,3)4,20-11-7-5-8-12-20)21-13-9-6-10-14-21/h5-14,17-18H,15-16H2,1-4H3. The summed E-state index contributed by atoms with van der Waals surface area (Å²) in [5.41, 5.74) is 1.18. The molecular formula is C22H28N2OSi. The number of hydrogen-bond acceptors (Lipinski definition) is 2. The molecule has 26 heavy (non-hydrogen) atoms. The third kappa shape index (κ3) is 3.66. The first kappa shape index (κ1) is 18.6. The van der Waals surface area contributed by atoms with E-state index in [4.69, 9.17) is 4.43 Å². The van der Waals surface area contributed by atoms with Crippen LogP contribution >= 0.6 is 0 Å². The van der Waals surface area contributed by atoms with Gasteiger partial charge in [0, 0.05) is 6.20 Å². The molecule has 0 aliphatic carbocycles. The van der Waals surface area contributed by atoms with Crippen LogP contribution in [0.25, 0.3) is 0 Å². The van der Waals surface area contributed by atoms with Gasteiger partial charge in [0.2, 0.25) is 0 Å². The second kappa shape index (κ2) is 7.60. The van der Waals surface area contributed by atoms with E-state index in [1.165, 1.54) is 15.9 Å². The molecule has 1 heterocycles. The zero-order valence-electron chi connectivity index (χ0n) is 16.1. The van der Waals surface area contributed by atoms with Crippen molar-refractivity contribution in [2.75, 3.05) is 6.61 Å². The summed E-state index contributed by atoms with van der Waals surface area (Å²) in [7, 11) is -2.44. The molecular weight excluding hydrogens is 336 g/mol. The van der Waals surface area contributed by atoms with Crippen LogP contribution in [-0.4, -0.2) is 24.7 Å². The fourth-order valence-electron chi connectivity index (χ4n) is 3.64. The van der Waals surface area contributed by atoms with Crippen molar-refractivity contribution in [3.8, 4) is 0 Å². The molecule has 3 rings (SSSR count). The Balaban J connectivity index is 1.99. The van der Waals surface area contributed by atoms with Crippen LogP contribution in [0.1, 0.15) is 26.3 Å². The summed E-state index contributed by atoms with van der Waals surface area (Å²) in [5.74, 6) is 0. The van der Waals surface area contributed by atoms with E-state index in [0.29, 0.717) is 6.61 Å². The maximum absolute atomic E-state index is 6.86. The smallest absolute Gasteiger partial charge is 0.261 e.